The lowest BCUT2D eigenvalue weighted by atomic mass is 9.45. The van der Waals surface area contributed by atoms with Crippen molar-refractivity contribution in [3.8, 4) is 0 Å². The standard InChI is InChI=1S/C55H103N3O2/c1-5-7-9-11-13-15-17-19-22-28-43-58(44-29-23-20-18-16-14-12-10-8-6-2)45-30-24-21-27-42-56-53(60)46-57-52(59)34-31-33-48-36-38-50-49-37-35-47-32-25-26-40-54(47,3)51(49)39-41-55(48,50)4/h47-51H,5-46H2,1-4H3,(H,56,60)(H,57,59). The van der Waals surface area contributed by atoms with E-state index in [2.05, 4.69) is 43.2 Å². The molecule has 2 amide bonds. The van der Waals surface area contributed by atoms with Crippen LogP contribution in [0.15, 0.2) is 0 Å². The van der Waals surface area contributed by atoms with Crippen LogP contribution in [0.1, 0.15) is 265 Å². The molecule has 4 fully saturated rings. The molecule has 0 saturated heterocycles. The van der Waals surface area contributed by atoms with E-state index in [9.17, 15) is 9.59 Å². The van der Waals surface area contributed by atoms with Gasteiger partial charge >= 0.3 is 0 Å². The first-order valence-electron chi connectivity index (χ1n) is 27.6. The summed E-state index contributed by atoms with van der Waals surface area (Å²) >= 11 is 0. The lowest BCUT2D eigenvalue weighted by Gasteiger charge is -2.60. The molecule has 5 nitrogen and oxygen atoms in total. The largest absolute Gasteiger partial charge is 0.355 e. The molecule has 7 unspecified atom stereocenters. The van der Waals surface area contributed by atoms with Crippen molar-refractivity contribution in [1.29, 1.82) is 0 Å². The second kappa shape index (κ2) is 30.1. The third-order valence-corrected chi connectivity index (χ3v) is 17.6. The van der Waals surface area contributed by atoms with E-state index in [0.717, 1.165) is 49.0 Å². The van der Waals surface area contributed by atoms with Crippen molar-refractivity contribution >= 4 is 11.8 Å². The van der Waals surface area contributed by atoms with Crippen LogP contribution >= 0.6 is 0 Å². The Hall–Kier alpha value is -1.10. The average Bonchev–Trinajstić information content (AvgIpc) is 3.59. The molecular weight excluding hydrogens is 735 g/mol. The van der Waals surface area contributed by atoms with Crippen molar-refractivity contribution in [2.24, 2.45) is 40.4 Å². The molecule has 0 aromatic carbocycles. The molecule has 60 heavy (non-hydrogen) atoms. The Kier molecular flexibility index (Phi) is 25.9. The molecule has 0 bridgehead atoms. The Balaban J connectivity index is 1.01. The van der Waals surface area contributed by atoms with Gasteiger partial charge in [0.05, 0.1) is 6.54 Å². The molecule has 7 atom stereocenters. The maximum Gasteiger partial charge on any atom is 0.239 e. The highest BCUT2D eigenvalue weighted by Crippen LogP contribution is 2.67. The maximum atomic E-state index is 12.8. The summed E-state index contributed by atoms with van der Waals surface area (Å²) in [5.41, 5.74) is 1.10. The van der Waals surface area contributed by atoms with Gasteiger partial charge in [0, 0.05) is 13.0 Å². The van der Waals surface area contributed by atoms with Crippen molar-refractivity contribution in [2.75, 3.05) is 32.7 Å². The highest BCUT2D eigenvalue weighted by Gasteiger charge is 2.59. The molecule has 2 N–H and O–H groups in total. The van der Waals surface area contributed by atoms with E-state index >= 15 is 0 Å². The summed E-state index contributed by atoms with van der Waals surface area (Å²) in [5, 5.41) is 6.01. The van der Waals surface area contributed by atoms with Crippen molar-refractivity contribution in [2.45, 2.75) is 265 Å². The van der Waals surface area contributed by atoms with E-state index in [1.165, 1.54) is 238 Å². The van der Waals surface area contributed by atoms with E-state index in [4.69, 9.17) is 0 Å². The minimum Gasteiger partial charge on any atom is -0.355 e. The molecule has 0 aromatic heterocycles. The Labute approximate surface area is 374 Å². The fourth-order valence-corrected chi connectivity index (χ4v) is 13.7. The van der Waals surface area contributed by atoms with Gasteiger partial charge in [-0.05, 0) is 150 Å². The fraction of sp³-hybridized carbons (Fsp3) is 0.964. The first-order valence-corrected chi connectivity index (χ1v) is 27.6. The number of hydrogen-bond donors (Lipinski definition) is 2. The van der Waals surface area contributed by atoms with Gasteiger partial charge < -0.3 is 15.5 Å². The normalized spacial score (nSPS) is 27.4. The number of nitrogens with zero attached hydrogens (tertiary/aromatic N) is 1. The zero-order valence-corrected chi connectivity index (χ0v) is 40.8. The Morgan fingerprint density at radius 1 is 0.500 bits per heavy atom. The molecule has 0 aliphatic heterocycles. The third kappa shape index (κ3) is 17.8. The number of unbranched alkanes of at least 4 members (excludes halogenated alkanes) is 21. The van der Waals surface area contributed by atoms with Crippen LogP contribution in [0, 0.1) is 40.4 Å². The fourth-order valence-electron chi connectivity index (χ4n) is 13.7. The first-order chi connectivity index (χ1) is 29.3. The number of nitrogens with one attached hydrogen (secondary N) is 2. The SMILES string of the molecule is CCCCCCCCCCCCN(CCCCCCCCCCCC)CCCCCCNC(=O)CNC(=O)CCCC1CCC2C3CCC4CCCCC4(C)C3CCC12C. The molecule has 0 aromatic rings. The van der Waals surface area contributed by atoms with Crippen LogP contribution in [0.5, 0.6) is 0 Å². The van der Waals surface area contributed by atoms with Crippen LogP contribution < -0.4 is 10.6 Å². The van der Waals surface area contributed by atoms with E-state index in [-0.39, 0.29) is 18.4 Å². The second-order valence-electron chi connectivity index (χ2n) is 21.9. The van der Waals surface area contributed by atoms with Gasteiger partial charge in [-0.15, -0.1) is 0 Å². The number of amides is 2. The van der Waals surface area contributed by atoms with Crippen LogP contribution in [-0.2, 0) is 9.59 Å². The summed E-state index contributed by atoms with van der Waals surface area (Å²) in [4.78, 5) is 28.1. The van der Waals surface area contributed by atoms with E-state index < -0.39 is 0 Å². The molecule has 4 aliphatic rings. The number of carbonyl (C=O) groups is 2. The minimum atomic E-state index is -0.0354. The Morgan fingerprint density at radius 3 is 1.62 bits per heavy atom. The summed E-state index contributed by atoms with van der Waals surface area (Å²) in [7, 11) is 0. The topological polar surface area (TPSA) is 61.4 Å². The Bertz CT molecular complexity index is 1100. The van der Waals surface area contributed by atoms with Crippen LogP contribution in [0.2, 0.25) is 0 Å². The van der Waals surface area contributed by atoms with Gasteiger partial charge in [0.15, 0.2) is 0 Å². The van der Waals surface area contributed by atoms with Gasteiger partial charge in [0.1, 0.15) is 0 Å². The third-order valence-electron chi connectivity index (χ3n) is 17.6. The predicted octanol–water partition coefficient (Wildman–Crippen LogP) is 15.1. The van der Waals surface area contributed by atoms with Crippen LogP contribution in [-0.4, -0.2) is 49.4 Å². The second-order valence-corrected chi connectivity index (χ2v) is 21.9. The number of rotatable bonds is 35. The van der Waals surface area contributed by atoms with E-state index in [1.807, 2.05) is 0 Å². The number of carbonyl (C=O) groups excluding carboxylic acids is 2. The molecule has 0 heterocycles. The molecular formula is C55H103N3O2. The number of hydrogen-bond acceptors (Lipinski definition) is 3. The van der Waals surface area contributed by atoms with Gasteiger partial charge in [0.2, 0.25) is 11.8 Å². The maximum absolute atomic E-state index is 12.8. The smallest absolute Gasteiger partial charge is 0.239 e. The predicted molar refractivity (Wildman–Crippen MR) is 258 cm³/mol. The lowest BCUT2D eigenvalue weighted by Crippen LogP contribution is -2.52. The summed E-state index contributed by atoms with van der Waals surface area (Å²) < 4.78 is 0. The zero-order chi connectivity index (χ0) is 42.7. The molecule has 0 spiro atoms. The van der Waals surface area contributed by atoms with E-state index in [0.29, 0.717) is 17.3 Å². The van der Waals surface area contributed by atoms with Crippen molar-refractivity contribution in [1.82, 2.24) is 15.5 Å². The molecule has 0 radical (unpaired) electrons. The molecule has 5 heteroatoms. The van der Waals surface area contributed by atoms with Crippen LogP contribution in [0.3, 0.4) is 0 Å². The van der Waals surface area contributed by atoms with Gasteiger partial charge in [-0.1, -0.05) is 169 Å². The summed E-state index contributed by atoms with van der Waals surface area (Å²) in [6, 6.07) is 0. The summed E-state index contributed by atoms with van der Waals surface area (Å²) in [6.45, 7) is 14.6. The quantitative estimate of drug-likeness (QED) is 0.0625. The molecule has 4 saturated carbocycles. The lowest BCUT2D eigenvalue weighted by molar-refractivity contribution is -0.126. The highest BCUT2D eigenvalue weighted by atomic mass is 16.2. The van der Waals surface area contributed by atoms with Crippen molar-refractivity contribution in [3.05, 3.63) is 0 Å². The van der Waals surface area contributed by atoms with Crippen LogP contribution in [0.25, 0.3) is 0 Å². The molecule has 4 rings (SSSR count). The van der Waals surface area contributed by atoms with Gasteiger partial charge in [-0.3, -0.25) is 9.59 Å². The number of fused-ring (bicyclic) bond motifs is 5. The van der Waals surface area contributed by atoms with Gasteiger partial charge in [-0.25, -0.2) is 0 Å². The first kappa shape index (κ1) is 51.5. The minimum absolute atomic E-state index is 0.0354. The molecule has 350 valence electrons. The average molecular weight is 838 g/mol. The van der Waals surface area contributed by atoms with Gasteiger partial charge in [-0.2, -0.15) is 0 Å². The molecule has 4 aliphatic carbocycles. The van der Waals surface area contributed by atoms with Crippen LogP contribution in [0.4, 0.5) is 0 Å². The van der Waals surface area contributed by atoms with Crippen molar-refractivity contribution in [3.63, 3.8) is 0 Å². The van der Waals surface area contributed by atoms with E-state index in [1.54, 1.807) is 0 Å². The zero-order valence-electron chi connectivity index (χ0n) is 40.8. The van der Waals surface area contributed by atoms with Gasteiger partial charge in [0.25, 0.3) is 0 Å². The highest BCUT2D eigenvalue weighted by molar-refractivity contribution is 5.84. The summed E-state index contributed by atoms with van der Waals surface area (Å²) in [6.07, 6.45) is 50.1. The summed E-state index contributed by atoms with van der Waals surface area (Å²) in [5.74, 6) is 4.61. The monoisotopic (exact) mass is 838 g/mol. The van der Waals surface area contributed by atoms with Crippen molar-refractivity contribution < 1.29 is 9.59 Å². The Morgan fingerprint density at radius 2 is 1.03 bits per heavy atom.